The molecule has 1 aromatic rings. The normalized spacial score (nSPS) is 29.7. The number of carbonyl (C=O) groups excluding carboxylic acids is 2. The molecule has 3 amide bonds. The molecule has 2 aliphatic carbocycles. The number of hydrogen-bond acceptors (Lipinski definition) is 5. The van der Waals surface area contributed by atoms with Gasteiger partial charge in [-0.05, 0) is 78.5 Å². The number of aliphatic hydroxyl groups is 1. The second kappa shape index (κ2) is 10.1. The number of β-amino-alcohol motifs (C(OH)–C–C–N with tert-alkyl or cyclic N) is 1. The Balaban J connectivity index is 1.38. The summed E-state index contributed by atoms with van der Waals surface area (Å²) in [5, 5.41) is 11.2. The molecule has 0 bridgehead atoms. The minimum atomic E-state index is -0.784. The minimum absolute atomic E-state index is 0.0229. The SMILES string of the molecule is CN(C)[C@]1(c2ccccc2)CC[C@]2(CC1)CN(CC(C)(C)C(=O)N1CCOCC1)C(=O)N2CC1(O)CCC1. The van der Waals surface area contributed by atoms with Crippen molar-refractivity contribution in [3.63, 3.8) is 0 Å². The van der Waals surface area contributed by atoms with Gasteiger partial charge in [-0.2, -0.15) is 0 Å². The number of urea groups is 1. The highest BCUT2D eigenvalue weighted by Gasteiger charge is 2.57. The van der Waals surface area contributed by atoms with E-state index in [0.29, 0.717) is 45.9 Å². The molecule has 8 heteroatoms. The van der Waals surface area contributed by atoms with Crippen LogP contribution in [0, 0.1) is 5.41 Å². The Morgan fingerprint density at radius 3 is 2.21 bits per heavy atom. The molecule has 2 saturated heterocycles. The first-order valence-electron chi connectivity index (χ1n) is 14.4. The third-order valence-corrected chi connectivity index (χ3v) is 9.93. The maximum absolute atomic E-state index is 14.0. The van der Waals surface area contributed by atoms with Gasteiger partial charge in [0.2, 0.25) is 5.91 Å². The van der Waals surface area contributed by atoms with E-state index in [-0.39, 0.29) is 23.0 Å². The highest BCUT2D eigenvalue weighted by Crippen LogP contribution is 2.50. The molecule has 4 aliphatic rings. The van der Waals surface area contributed by atoms with Crippen molar-refractivity contribution in [3.05, 3.63) is 35.9 Å². The van der Waals surface area contributed by atoms with Crippen LogP contribution in [0.5, 0.6) is 0 Å². The predicted molar refractivity (Wildman–Crippen MR) is 147 cm³/mol. The lowest BCUT2D eigenvalue weighted by molar-refractivity contribution is -0.145. The van der Waals surface area contributed by atoms with Crippen molar-refractivity contribution in [3.8, 4) is 0 Å². The van der Waals surface area contributed by atoms with E-state index in [0.717, 1.165) is 44.9 Å². The molecule has 210 valence electrons. The van der Waals surface area contributed by atoms with Gasteiger partial charge in [0.05, 0.1) is 36.3 Å². The monoisotopic (exact) mass is 526 g/mol. The van der Waals surface area contributed by atoms with E-state index in [2.05, 4.69) is 49.3 Å². The highest BCUT2D eigenvalue weighted by atomic mass is 16.5. The second-order valence-corrected chi connectivity index (χ2v) is 13.1. The van der Waals surface area contributed by atoms with Crippen LogP contribution in [0.1, 0.15) is 64.4 Å². The quantitative estimate of drug-likeness (QED) is 0.590. The van der Waals surface area contributed by atoms with Crippen LogP contribution < -0.4 is 0 Å². The molecule has 0 radical (unpaired) electrons. The lowest BCUT2D eigenvalue weighted by Crippen LogP contribution is -2.59. The fraction of sp³-hybridized carbons (Fsp3) is 0.733. The average Bonchev–Trinajstić information content (AvgIpc) is 3.13. The lowest BCUT2D eigenvalue weighted by atomic mass is 9.67. The van der Waals surface area contributed by atoms with Crippen molar-refractivity contribution < 1.29 is 19.4 Å². The zero-order chi connectivity index (χ0) is 27.2. The number of benzene rings is 1. The molecule has 38 heavy (non-hydrogen) atoms. The van der Waals surface area contributed by atoms with E-state index < -0.39 is 11.0 Å². The summed E-state index contributed by atoms with van der Waals surface area (Å²) in [6, 6.07) is 10.7. The number of rotatable bonds is 7. The fourth-order valence-corrected chi connectivity index (χ4v) is 7.32. The van der Waals surface area contributed by atoms with Gasteiger partial charge in [0.25, 0.3) is 0 Å². The van der Waals surface area contributed by atoms with Crippen LogP contribution in [0.2, 0.25) is 0 Å². The number of morpholine rings is 1. The Morgan fingerprint density at radius 1 is 1.03 bits per heavy atom. The van der Waals surface area contributed by atoms with Gasteiger partial charge in [-0.25, -0.2) is 4.79 Å². The summed E-state index contributed by atoms with van der Waals surface area (Å²) in [7, 11) is 4.32. The molecule has 8 nitrogen and oxygen atoms in total. The summed E-state index contributed by atoms with van der Waals surface area (Å²) < 4.78 is 5.44. The summed E-state index contributed by atoms with van der Waals surface area (Å²) in [5.74, 6) is 0.0815. The van der Waals surface area contributed by atoms with Crippen molar-refractivity contribution in [1.82, 2.24) is 19.6 Å². The van der Waals surface area contributed by atoms with Gasteiger partial charge in [-0.3, -0.25) is 9.69 Å². The molecule has 0 unspecified atom stereocenters. The van der Waals surface area contributed by atoms with E-state index in [1.807, 2.05) is 28.5 Å². The number of amides is 3. The third-order valence-electron chi connectivity index (χ3n) is 9.93. The van der Waals surface area contributed by atoms with Crippen LogP contribution in [-0.2, 0) is 15.1 Å². The summed E-state index contributed by atoms with van der Waals surface area (Å²) in [6.45, 7) is 7.64. The third kappa shape index (κ3) is 4.84. The van der Waals surface area contributed by atoms with E-state index in [9.17, 15) is 14.7 Å². The van der Waals surface area contributed by atoms with Gasteiger partial charge in [0.1, 0.15) is 0 Å². The minimum Gasteiger partial charge on any atom is -0.388 e. The maximum atomic E-state index is 14.0. The number of ether oxygens (including phenoxy) is 1. The van der Waals surface area contributed by atoms with E-state index in [4.69, 9.17) is 4.74 Å². The van der Waals surface area contributed by atoms with E-state index in [1.54, 1.807) is 0 Å². The van der Waals surface area contributed by atoms with Gasteiger partial charge in [-0.15, -0.1) is 0 Å². The largest absolute Gasteiger partial charge is 0.388 e. The van der Waals surface area contributed by atoms with Crippen LogP contribution in [0.4, 0.5) is 4.79 Å². The van der Waals surface area contributed by atoms with Gasteiger partial charge < -0.3 is 24.5 Å². The van der Waals surface area contributed by atoms with Gasteiger partial charge in [0.15, 0.2) is 0 Å². The summed E-state index contributed by atoms with van der Waals surface area (Å²) in [6.07, 6.45) is 6.13. The fourth-order valence-electron chi connectivity index (χ4n) is 7.32. The molecule has 1 spiro atoms. The first-order valence-corrected chi connectivity index (χ1v) is 14.4. The molecule has 1 N–H and O–H groups in total. The number of nitrogens with zero attached hydrogens (tertiary/aromatic N) is 4. The summed E-state index contributed by atoms with van der Waals surface area (Å²) >= 11 is 0. The summed E-state index contributed by atoms with van der Waals surface area (Å²) in [4.78, 5) is 35.6. The van der Waals surface area contributed by atoms with E-state index in [1.165, 1.54) is 5.56 Å². The van der Waals surface area contributed by atoms with Gasteiger partial charge in [0, 0.05) is 31.7 Å². The Morgan fingerprint density at radius 2 is 1.66 bits per heavy atom. The van der Waals surface area contributed by atoms with Crippen LogP contribution in [-0.4, -0.2) is 108 Å². The topological polar surface area (TPSA) is 76.6 Å². The maximum Gasteiger partial charge on any atom is 0.320 e. The van der Waals surface area contributed by atoms with Crippen molar-refractivity contribution in [2.24, 2.45) is 5.41 Å². The molecule has 1 aromatic carbocycles. The summed E-state index contributed by atoms with van der Waals surface area (Å²) in [5.41, 5.74) is -0.554. The Hall–Kier alpha value is -2.16. The Kier molecular flexibility index (Phi) is 7.29. The van der Waals surface area contributed by atoms with Crippen LogP contribution in [0.25, 0.3) is 0 Å². The molecule has 2 saturated carbocycles. The first-order chi connectivity index (χ1) is 18.0. The van der Waals surface area contributed by atoms with Crippen molar-refractivity contribution in [2.75, 3.05) is 60.0 Å². The van der Waals surface area contributed by atoms with Gasteiger partial charge in [-0.1, -0.05) is 30.3 Å². The predicted octanol–water partition coefficient (Wildman–Crippen LogP) is 3.29. The van der Waals surface area contributed by atoms with Crippen molar-refractivity contribution >= 4 is 11.9 Å². The standard InChI is InChI=1S/C30H46N4O4/c1-27(2,25(35)32-17-19-38-20-18-32)21-33-22-28(34(26(33)36)23-29(37)11-8-12-29)13-15-30(16-14-28,31(3)4)24-9-6-5-7-10-24/h5-7,9-10,37H,8,11-23H2,1-4H3/t28-,30+. The Labute approximate surface area is 227 Å². The smallest absolute Gasteiger partial charge is 0.320 e. The molecule has 2 aliphatic heterocycles. The number of carbonyl (C=O) groups is 2. The lowest BCUT2D eigenvalue weighted by Gasteiger charge is -2.52. The highest BCUT2D eigenvalue weighted by molar-refractivity contribution is 5.84. The molecule has 0 atom stereocenters. The Bertz CT molecular complexity index is 1010. The van der Waals surface area contributed by atoms with Crippen LogP contribution >= 0.6 is 0 Å². The van der Waals surface area contributed by atoms with Crippen LogP contribution in [0.3, 0.4) is 0 Å². The molecular weight excluding hydrogens is 480 g/mol. The zero-order valence-electron chi connectivity index (χ0n) is 23.7. The second-order valence-electron chi connectivity index (χ2n) is 13.1. The molecule has 5 rings (SSSR count). The van der Waals surface area contributed by atoms with Crippen molar-refractivity contribution in [1.29, 1.82) is 0 Å². The van der Waals surface area contributed by atoms with E-state index >= 15 is 0 Å². The molecule has 0 aromatic heterocycles. The van der Waals surface area contributed by atoms with Gasteiger partial charge >= 0.3 is 6.03 Å². The average molecular weight is 527 g/mol. The number of hydrogen-bond donors (Lipinski definition) is 1. The first kappa shape index (κ1) is 27.4. The zero-order valence-corrected chi connectivity index (χ0v) is 23.7. The molecule has 2 heterocycles. The van der Waals surface area contributed by atoms with Crippen LogP contribution in [0.15, 0.2) is 30.3 Å². The molecular formula is C30H46N4O4. The molecule has 4 fully saturated rings. The van der Waals surface area contributed by atoms with Crippen molar-refractivity contribution in [2.45, 2.75) is 75.5 Å².